The van der Waals surface area contributed by atoms with E-state index in [-0.39, 0.29) is 5.56 Å². The van der Waals surface area contributed by atoms with Crippen molar-refractivity contribution in [2.75, 3.05) is 38.6 Å². The van der Waals surface area contributed by atoms with Crippen molar-refractivity contribution in [3.63, 3.8) is 0 Å². The molecule has 1 heterocycles. The summed E-state index contributed by atoms with van der Waals surface area (Å²) in [6, 6.07) is 1.60. The quantitative estimate of drug-likeness (QED) is 0.766. The summed E-state index contributed by atoms with van der Waals surface area (Å²) in [5.74, 6) is 0. The Morgan fingerprint density at radius 2 is 2.06 bits per heavy atom. The average Bonchev–Trinajstić information content (AvgIpc) is 2.24. The number of hydrogen-bond donors (Lipinski definition) is 1. The zero-order chi connectivity index (χ0) is 12.0. The second-order valence-corrected chi connectivity index (χ2v) is 4.09. The fourth-order valence-corrected chi connectivity index (χ4v) is 1.50. The number of aromatic nitrogens is 2. The summed E-state index contributed by atoms with van der Waals surface area (Å²) in [5.41, 5.74) is 0.746. The van der Waals surface area contributed by atoms with E-state index in [0.29, 0.717) is 0 Å². The maximum absolute atomic E-state index is 11.2. The van der Waals surface area contributed by atoms with Crippen molar-refractivity contribution in [2.45, 2.75) is 13.3 Å². The maximum atomic E-state index is 11.2. The first kappa shape index (κ1) is 12.7. The molecule has 1 aromatic heterocycles. The van der Waals surface area contributed by atoms with Crippen molar-refractivity contribution >= 4 is 5.69 Å². The van der Waals surface area contributed by atoms with Crippen LogP contribution in [0, 0.1) is 0 Å². The van der Waals surface area contributed by atoms with Gasteiger partial charge in [-0.2, -0.15) is 5.10 Å². The van der Waals surface area contributed by atoms with E-state index in [0.717, 1.165) is 31.7 Å². The normalized spacial score (nSPS) is 10.8. The monoisotopic (exact) mass is 224 g/mol. The second-order valence-electron chi connectivity index (χ2n) is 4.09. The molecule has 5 heteroatoms. The lowest BCUT2D eigenvalue weighted by Crippen LogP contribution is -2.33. The molecule has 0 bridgehead atoms. The van der Waals surface area contributed by atoms with Crippen molar-refractivity contribution in [3.05, 3.63) is 22.6 Å². The lowest BCUT2D eigenvalue weighted by Gasteiger charge is -2.25. The van der Waals surface area contributed by atoms with Gasteiger partial charge in [-0.3, -0.25) is 4.79 Å². The number of rotatable bonds is 6. The number of anilines is 1. The third-order valence-electron chi connectivity index (χ3n) is 2.33. The summed E-state index contributed by atoms with van der Waals surface area (Å²) in [4.78, 5) is 15.5. The Morgan fingerprint density at radius 3 is 2.62 bits per heavy atom. The van der Waals surface area contributed by atoms with Crippen LogP contribution in [-0.4, -0.2) is 48.8 Å². The molecule has 0 saturated carbocycles. The molecule has 0 unspecified atom stereocenters. The molecule has 1 rings (SSSR count). The fraction of sp³-hybridized carbons (Fsp3) is 0.636. The van der Waals surface area contributed by atoms with Gasteiger partial charge >= 0.3 is 0 Å². The average molecular weight is 224 g/mol. The van der Waals surface area contributed by atoms with E-state index in [4.69, 9.17) is 0 Å². The van der Waals surface area contributed by atoms with Crippen LogP contribution in [-0.2, 0) is 0 Å². The minimum atomic E-state index is -0.150. The van der Waals surface area contributed by atoms with Gasteiger partial charge in [-0.1, -0.05) is 6.92 Å². The van der Waals surface area contributed by atoms with Gasteiger partial charge in [0.15, 0.2) is 0 Å². The van der Waals surface area contributed by atoms with Gasteiger partial charge in [0, 0.05) is 25.7 Å². The Labute approximate surface area is 96.1 Å². The summed E-state index contributed by atoms with van der Waals surface area (Å²) >= 11 is 0. The van der Waals surface area contributed by atoms with Crippen LogP contribution in [0.1, 0.15) is 13.3 Å². The summed E-state index contributed by atoms with van der Waals surface area (Å²) in [6.07, 6.45) is 2.76. The summed E-state index contributed by atoms with van der Waals surface area (Å²) in [5, 5.41) is 6.21. The van der Waals surface area contributed by atoms with Gasteiger partial charge in [-0.25, -0.2) is 5.10 Å². The largest absolute Gasteiger partial charge is 0.369 e. The molecule has 0 aliphatic heterocycles. The van der Waals surface area contributed by atoms with Crippen LogP contribution in [0.2, 0.25) is 0 Å². The molecule has 0 aliphatic rings. The first-order valence-electron chi connectivity index (χ1n) is 5.58. The smallest absolute Gasteiger partial charge is 0.266 e. The van der Waals surface area contributed by atoms with Crippen LogP contribution in [0.5, 0.6) is 0 Å². The number of nitrogens with one attached hydrogen (secondary N) is 1. The van der Waals surface area contributed by atoms with Crippen LogP contribution < -0.4 is 10.5 Å². The molecular weight excluding hydrogens is 204 g/mol. The third kappa shape index (κ3) is 4.02. The van der Waals surface area contributed by atoms with Gasteiger partial charge in [0.2, 0.25) is 0 Å². The molecule has 16 heavy (non-hydrogen) atoms. The molecule has 0 atom stereocenters. The second kappa shape index (κ2) is 6.27. The minimum absolute atomic E-state index is 0.150. The molecule has 0 aliphatic carbocycles. The minimum Gasteiger partial charge on any atom is -0.369 e. The first-order chi connectivity index (χ1) is 7.63. The van der Waals surface area contributed by atoms with Crippen molar-refractivity contribution in [2.24, 2.45) is 0 Å². The summed E-state index contributed by atoms with van der Waals surface area (Å²) in [7, 11) is 4.08. The molecule has 0 radical (unpaired) electrons. The van der Waals surface area contributed by atoms with Crippen LogP contribution in [0.15, 0.2) is 17.1 Å². The lowest BCUT2D eigenvalue weighted by atomic mass is 10.3. The predicted octanol–water partition coefficient (Wildman–Crippen LogP) is 0.548. The van der Waals surface area contributed by atoms with E-state index in [1.807, 2.05) is 14.1 Å². The van der Waals surface area contributed by atoms with Crippen LogP contribution >= 0.6 is 0 Å². The molecular formula is C11H20N4O. The number of hydrogen-bond acceptors (Lipinski definition) is 4. The van der Waals surface area contributed by atoms with Crippen molar-refractivity contribution in [1.29, 1.82) is 0 Å². The Morgan fingerprint density at radius 1 is 1.31 bits per heavy atom. The van der Waals surface area contributed by atoms with Gasteiger partial charge < -0.3 is 9.80 Å². The Bertz CT molecular complexity index is 361. The maximum Gasteiger partial charge on any atom is 0.266 e. The van der Waals surface area contributed by atoms with Crippen molar-refractivity contribution in [3.8, 4) is 0 Å². The van der Waals surface area contributed by atoms with E-state index in [1.165, 1.54) is 0 Å². The Hall–Kier alpha value is -1.36. The van der Waals surface area contributed by atoms with Crippen molar-refractivity contribution < 1.29 is 0 Å². The van der Waals surface area contributed by atoms with Gasteiger partial charge in [-0.05, 0) is 20.5 Å². The van der Waals surface area contributed by atoms with E-state index in [2.05, 4.69) is 26.9 Å². The van der Waals surface area contributed by atoms with E-state index in [1.54, 1.807) is 12.3 Å². The molecule has 0 spiro atoms. The topological polar surface area (TPSA) is 52.2 Å². The van der Waals surface area contributed by atoms with Gasteiger partial charge in [-0.15, -0.1) is 0 Å². The van der Waals surface area contributed by atoms with Gasteiger partial charge in [0.05, 0.1) is 11.9 Å². The van der Waals surface area contributed by atoms with Gasteiger partial charge in [0.1, 0.15) is 0 Å². The molecule has 0 aromatic carbocycles. The first-order valence-corrected chi connectivity index (χ1v) is 5.58. The SMILES string of the molecule is CCCN(CCN(C)C)c1cn[nH]c(=O)c1. The third-order valence-corrected chi connectivity index (χ3v) is 2.33. The van der Waals surface area contributed by atoms with Crippen LogP contribution in [0.4, 0.5) is 5.69 Å². The van der Waals surface area contributed by atoms with Crippen LogP contribution in [0.25, 0.3) is 0 Å². The zero-order valence-electron chi connectivity index (χ0n) is 10.2. The molecule has 1 aromatic rings. The number of likely N-dealkylation sites (N-methyl/N-ethyl adjacent to an activating group) is 1. The van der Waals surface area contributed by atoms with Gasteiger partial charge in [0.25, 0.3) is 5.56 Å². The van der Waals surface area contributed by atoms with Crippen LogP contribution in [0.3, 0.4) is 0 Å². The zero-order valence-corrected chi connectivity index (χ0v) is 10.2. The van der Waals surface area contributed by atoms with Crippen molar-refractivity contribution in [1.82, 2.24) is 15.1 Å². The standard InChI is InChI=1S/C11H20N4O/c1-4-5-15(7-6-14(2)3)10-8-11(16)13-12-9-10/h8-9H,4-7H2,1-3H3,(H,13,16). The molecule has 1 N–H and O–H groups in total. The van der Waals surface area contributed by atoms with E-state index < -0.39 is 0 Å². The lowest BCUT2D eigenvalue weighted by molar-refractivity contribution is 0.413. The summed E-state index contributed by atoms with van der Waals surface area (Å²) in [6.45, 7) is 4.95. The highest BCUT2D eigenvalue weighted by Crippen LogP contribution is 2.09. The predicted molar refractivity (Wildman–Crippen MR) is 65.9 cm³/mol. The van der Waals surface area contributed by atoms with E-state index in [9.17, 15) is 4.79 Å². The number of aromatic amines is 1. The molecule has 0 saturated heterocycles. The number of nitrogens with zero attached hydrogens (tertiary/aromatic N) is 3. The Kier molecular flexibility index (Phi) is 4.98. The highest BCUT2D eigenvalue weighted by atomic mass is 16.1. The molecule has 90 valence electrons. The highest BCUT2D eigenvalue weighted by Gasteiger charge is 2.06. The summed E-state index contributed by atoms with van der Waals surface area (Å²) < 4.78 is 0. The number of H-pyrrole nitrogens is 1. The Balaban J connectivity index is 2.72. The molecule has 0 amide bonds. The highest BCUT2D eigenvalue weighted by molar-refractivity contribution is 5.42. The molecule has 5 nitrogen and oxygen atoms in total. The fourth-order valence-electron chi connectivity index (χ4n) is 1.50. The molecule has 0 fully saturated rings. The van der Waals surface area contributed by atoms with E-state index >= 15 is 0 Å².